The summed E-state index contributed by atoms with van der Waals surface area (Å²) in [6.07, 6.45) is 4.62. The molecule has 0 amide bonds. The van der Waals surface area contributed by atoms with E-state index in [2.05, 4.69) is 0 Å². The molecule has 0 fully saturated rings. The predicted molar refractivity (Wildman–Crippen MR) is 70.1 cm³/mol. The lowest BCUT2D eigenvalue weighted by Gasteiger charge is -2.07. The summed E-state index contributed by atoms with van der Waals surface area (Å²) in [6.45, 7) is 1.55. The zero-order valence-corrected chi connectivity index (χ0v) is 12.4. The van der Waals surface area contributed by atoms with Crippen LogP contribution in [0.15, 0.2) is 40.6 Å². The summed E-state index contributed by atoms with van der Waals surface area (Å²) < 4.78 is 58.0. The molecule has 7 nitrogen and oxygen atoms in total. The molecule has 2 aromatic rings. The smallest absolute Gasteiger partial charge is 0.282 e. The summed E-state index contributed by atoms with van der Waals surface area (Å²) in [5.74, 6) is 0. The van der Waals surface area contributed by atoms with Crippen LogP contribution in [0.25, 0.3) is 5.69 Å². The molecule has 0 saturated heterocycles. The van der Waals surface area contributed by atoms with Gasteiger partial charge in [0, 0.05) is 0 Å². The molecule has 108 valence electrons. The summed E-state index contributed by atoms with van der Waals surface area (Å²) in [5, 5.41) is 0. The molecule has 0 radical (unpaired) electrons. The van der Waals surface area contributed by atoms with Crippen LogP contribution in [0.2, 0.25) is 0 Å². The molecule has 20 heavy (non-hydrogen) atoms. The standard InChI is InChI=1S/C11H12N2O5S2/c1-8-5-9(19(14)15)11(10(6-8)20(16,17)18)13-4-3-12(2)7-13/h3-7,19H,1-2H3/p+1. The molecule has 0 bridgehead atoms. The van der Waals surface area contributed by atoms with Crippen LogP contribution >= 0.6 is 0 Å². The molecule has 0 aliphatic rings. The Hall–Kier alpha value is -1.71. The molecule has 1 aromatic heterocycles. The highest BCUT2D eigenvalue weighted by Gasteiger charge is 2.26. The van der Waals surface area contributed by atoms with E-state index in [9.17, 15) is 21.4 Å². The monoisotopic (exact) mass is 317 g/mol. The molecular weight excluding hydrogens is 304 g/mol. The minimum Gasteiger partial charge on any atom is -0.282 e. The first-order valence-electron chi connectivity index (χ1n) is 5.50. The third kappa shape index (κ3) is 2.74. The molecule has 2 rings (SSSR count). The average Bonchev–Trinajstić information content (AvgIpc) is 2.73. The van der Waals surface area contributed by atoms with E-state index in [-0.39, 0.29) is 10.6 Å². The second-order valence-corrected chi connectivity index (χ2v) is 6.74. The molecule has 0 unspecified atom stereocenters. The van der Waals surface area contributed by atoms with Crippen molar-refractivity contribution in [2.24, 2.45) is 7.05 Å². The second kappa shape index (κ2) is 5.00. The van der Waals surface area contributed by atoms with E-state index in [1.54, 1.807) is 24.7 Å². The molecule has 0 saturated carbocycles. The fourth-order valence-corrected chi connectivity index (χ4v) is 3.49. The highest BCUT2D eigenvalue weighted by atomic mass is 32.2. The van der Waals surface area contributed by atoms with Crippen LogP contribution in [-0.2, 0) is 27.9 Å². The molecule has 0 aliphatic heterocycles. The lowest BCUT2D eigenvalue weighted by molar-refractivity contribution is -0.600. The molecular formula is C11H13N2O5S2+. The van der Waals surface area contributed by atoms with Crippen LogP contribution in [0.3, 0.4) is 0 Å². The van der Waals surface area contributed by atoms with Crippen molar-refractivity contribution in [1.82, 2.24) is 4.57 Å². The van der Waals surface area contributed by atoms with Crippen molar-refractivity contribution in [2.75, 3.05) is 0 Å². The maximum absolute atomic E-state index is 11.5. The van der Waals surface area contributed by atoms with Crippen LogP contribution < -0.4 is 4.57 Å². The number of rotatable bonds is 3. The highest BCUT2D eigenvalue weighted by molar-refractivity contribution is 7.86. The lowest BCUT2D eigenvalue weighted by atomic mass is 10.2. The average molecular weight is 317 g/mol. The molecule has 0 atom stereocenters. The van der Waals surface area contributed by atoms with Gasteiger partial charge in [0.1, 0.15) is 22.2 Å². The molecule has 1 aromatic carbocycles. The van der Waals surface area contributed by atoms with Gasteiger partial charge in [0.25, 0.3) is 10.1 Å². The Bertz CT molecular complexity index is 842. The van der Waals surface area contributed by atoms with Gasteiger partial charge in [0.2, 0.25) is 6.33 Å². The molecule has 1 heterocycles. The number of hydrogen-bond acceptors (Lipinski definition) is 4. The minimum absolute atomic E-state index is 0.0881. The van der Waals surface area contributed by atoms with Gasteiger partial charge in [-0.15, -0.1) is 0 Å². The van der Waals surface area contributed by atoms with Gasteiger partial charge in [-0.3, -0.25) is 4.55 Å². The zero-order valence-electron chi connectivity index (χ0n) is 10.7. The van der Waals surface area contributed by atoms with Crippen molar-refractivity contribution < 1.29 is 26.0 Å². The van der Waals surface area contributed by atoms with E-state index in [4.69, 9.17) is 0 Å². The molecule has 0 aliphatic carbocycles. The Morgan fingerprint density at radius 2 is 1.95 bits per heavy atom. The van der Waals surface area contributed by atoms with Crippen LogP contribution in [-0.4, -0.2) is 26.0 Å². The number of imidazole rings is 1. The van der Waals surface area contributed by atoms with Gasteiger partial charge < -0.3 is 0 Å². The predicted octanol–water partition coefficient (Wildman–Crippen LogP) is -0.173. The SMILES string of the molecule is Cc1cc([SH](=O)=O)c(-[n+]2ccn(C)c2)c(S(=O)(=O)O)c1. The van der Waals surface area contributed by atoms with E-state index < -0.39 is 25.7 Å². The van der Waals surface area contributed by atoms with Crippen molar-refractivity contribution in [3.05, 3.63) is 36.4 Å². The van der Waals surface area contributed by atoms with E-state index in [0.717, 1.165) is 0 Å². The number of thiol groups is 1. The molecule has 0 spiro atoms. The van der Waals surface area contributed by atoms with Crippen molar-refractivity contribution >= 4 is 20.8 Å². The van der Waals surface area contributed by atoms with Gasteiger partial charge in [-0.25, -0.2) is 13.0 Å². The van der Waals surface area contributed by atoms with Crippen molar-refractivity contribution in [3.63, 3.8) is 0 Å². The second-order valence-electron chi connectivity index (χ2n) is 4.35. The van der Waals surface area contributed by atoms with E-state index in [0.29, 0.717) is 5.56 Å². The Kier molecular flexibility index (Phi) is 3.67. The van der Waals surface area contributed by atoms with Crippen LogP contribution in [0.4, 0.5) is 0 Å². The van der Waals surface area contributed by atoms with Crippen molar-refractivity contribution in [1.29, 1.82) is 0 Å². The summed E-state index contributed by atoms with van der Waals surface area (Å²) >= 11 is 0. The van der Waals surface area contributed by atoms with Crippen LogP contribution in [0.1, 0.15) is 5.56 Å². The number of aromatic nitrogens is 2. The number of nitrogens with zero attached hydrogens (tertiary/aromatic N) is 2. The summed E-state index contributed by atoms with van der Waals surface area (Å²) in [6, 6.07) is 2.59. The number of aryl methyl sites for hydroxylation is 2. The quantitative estimate of drug-likeness (QED) is 0.465. The normalized spacial score (nSPS) is 12.0. The highest BCUT2D eigenvalue weighted by Crippen LogP contribution is 2.23. The number of hydrogen-bond donors (Lipinski definition) is 2. The largest absolute Gasteiger partial charge is 0.298 e. The summed E-state index contributed by atoms with van der Waals surface area (Å²) in [7, 11) is -5.86. The van der Waals surface area contributed by atoms with E-state index in [1.165, 1.54) is 29.2 Å². The zero-order chi connectivity index (χ0) is 15.1. The van der Waals surface area contributed by atoms with Gasteiger partial charge in [-0.2, -0.15) is 13.0 Å². The van der Waals surface area contributed by atoms with Gasteiger partial charge in [-0.1, -0.05) is 0 Å². The minimum atomic E-state index is -4.55. The molecule has 9 heteroatoms. The fraction of sp³-hybridized carbons (Fsp3) is 0.182. The maximum Gasteiger partial charge on any atom is 0.298 e. The number of benzene rings is 1. The van der Waals surface area contributed by atoms with Crippen molar-refractivity contribution in [3.8, 4) is 5.69 Å². The fourth-order valence-electron chi connectivity index (χ4n) is 1.90. The topological polar surface area (TPSA) is 97.3 Å². The van der Waals surface area contributed by atoms with Crippen LogP contribution in [0, 0.1) is 6.92 Å². The maximum atomic E-state index is 11.5. The van der Waals surface area contributed by atoms with Gasteiger partial charge in [-0.05, 0) is 24.6 Å². The lowest BCUT2D eigenvalue weighted by Crippen LogP contribution is -2.31. The third-order valence-electron chi connectivity index (χ3n) is 2.70. The van der Waals surface area contributed by atoms with Gasteiger partial charge >= 0.3 is 0 Å². The van der Waals surface area contributed by atoms with Crippen LogP contribution in [0.5, 0.6) is 0 Å². The molecule has 1 N–H and O–H groups in total. The first kappa shape index (κ1) is 14.7. The Labute approximate surface area is 117 Å². The summed E-state index contributed by atoms with van der Waals surface area (Å²) in [5.41, 5.74) is 0.335. The first-order valence-corrected chi connectivity index (χ1v) is 8.12. The van der Waals surface area contributed by atoms with Crippen molar-refractivity contribution in [2.45, 2.75) is 16.7 Å². The third-order valence-corrected chi connectivity index (χ3v) is 4.30. The van der Waals surface area contributed by atoms with E-state index in [1.807, 2.05) is 0 Å². The van der Waals surface area contributed by atoms with Gasteiger partial charge in [0.15, 0.2) is 16.4 Å². The summed E-state index contributed by atoms with van der Waals surface area (Å²) in [4.78, 5) is -0.605. The Balaban J connectivity index is 2.95. The first-order chi connectivity index (χ1) is 9.20. The Morgan fingerprint density at radius 3 is 2.40 bits per heavy atom. The van der Waals surface area contributed by atoms with Gasteiger partial charge in [0.05, 0.1) is 7.05 Å². The van der Waals surface area contributed by atoms with E-state index >= 15 is 0 Å². The Morgan fingerprint density at radius 1 is 1.30 bits per heavy atom.